The predicted octanol–water partition coefficient (Wildman–Crippen LogP) is 3.34. The number of nitrogens with zero attached hydrogens (tertiary/aromatic N) is 2. The van der Waals surface area contributed by atoms with E-state index >= 15 is 0 Å². The zero-order valence-electron chi connectivity index (χ0n) is 13.8. The maximum atomic E-state index is 14.0. The van der Waals surface area contributed by atoms with E-state index in [-0.39, 0.29) is 17.8 Å². The van der Waals surface area contributed by atoms with Crippen LogP contribution in [0.4, 0.5) is 4.39 Å². The third kappa shape index (κ3) is 3.14. The molecule has 1 fully saturated rings. The fourth-order valence-electron chi connectivity index (χ4n) is 3.38. The second kappa shape index (κ2) is 6.14. The Hall–Kier alpha value is -2.17. The van der Waals surface area contributed by atoms with Crippen molar-refractivity contribution in [3.05, 3.63) is 52.1 Å². The molecule has 0 radical (unpaired) electrons. The summed E-state index contributed by atoms with van der Waals surface area (Å²) in [5.41, 5.74) is 4.64. The van der Waals surface area contributed by atoms with Gasteiger partial charge in [0.1, 0.15) is 5.82 Å². The van der Waals surface area contributed by atoms with Crippen molar-refractivity contribution in [3.63, 3.8) is 0 Å². The van der Waals surface area contributed by atoms with Crippen LogP contribution in [0.3, 0.4) is 0 Å². The first-order valence-electron chi connectivity index (χ1n) is 8.04. The lowest BCUT2D eigenvalue weighted by Crippen LogP contribution is -2.33. The summed E-state index contributed by atoms with van der Waals surface area (Å²) in [5, 5.41) is 7.62. The zero-order chi connectivity index (χ0) is 16.6. The molecular weight excluding hydrogens is 293 g/mol. The zero-order valence-corrected chi connectivity index (χ0v) is 13.8. The van der Waals surface area contributed by atoms with Gasteiger partial charge in [-0.05, 0) is 39.7 Å². The van der Waals surface area contributed by atoms with Gasteiger partial charge in [0.2, 0.25) is 5.91 Å². The summed E-state index contributed by atoms with van der Waals surface area (Å²) in [6.07, 6.45) is 2.42. The van der Waals surface area contributed by atoms with Crippen molar-refractivity contribution in [2.24, 2.45) is 0 Å². The second-order valence-corrected chi connectivity index (χ2v) is 6.35. The summed E-state index contributed by atoms with van der Waals surface area (Å²) >= 11 is 0. The van der Waals surface area contributed by atoms with Crippen LogP contribution in [0.1, 0.15) is 53.4 Å². The summed E-state index contributed by atoms with van der Waals surface area (Å²) in [6, 6.07) is 5.14. The Labute approximate surface area is 135 Å². The minimum Gasteiger partial charge on any atom is -0.349 e. The van der Waals surface area contributed by atoms with Crippen LogP contribution in [0.15, 0.2) is 18.2 Å². The highest BCUT2D eigenvalue weighted by Gasteiger charge is 2.25. The molecule has 122 valence electrons. The SMILES string of the molecule is Cc1ccc(F)c(Cn2nc(C)c(C3CCCC(=O)N3)c2C)c1. The van der Waals surface area contributed by atoms with Gasteiger partial charge < -0.3 is 5.32 Å². The Morgan fingerprint density at radius 2 is 2.13 bits per heavy atom. The molecule has 1 aliphatic heterocycles. The number of hydrogen-bond acceptors (Lipinski definition) is 2. The fraction of sp³-hybridized carbons (Fsp3) is 0.444. The molecule has 5 heteroatoms. The molecule has 4 nitrogen and oxygen atoms in total. The standard InChI is InChI=1S/C18H22FN3O/c1-11-7-8-15(19)14(9-11)10-22-13(3)18(12(2)21-22)16-5-4-6-17(23)20-16/h7-9,16H,4-6,10H2,1-3H3,(H,20,23). The highest BCUT2D eigenvalue weighted by Crippen LogP contribution is 2.29. The quantitative estimate of drug-likeness (QED) is 0.944. The summed E-state index contributed by atoms with van der Waals surface area (Å²) in [7, 11) is 0. The van der Waals surface area contributed by atoms with Gasteiger partial charge >= 0.3 is 0 Å². The molecule has 1 amide bonds. The van der Waals surface area contributed by atoms with Crippen LogP contribution >= 0.6 is 0 Å². The molecule has 1 aromatic carbocycles. The van der Waals surface area contributed by atoms with E-state index in [1.165, 1.54) is 6.07 Å². The van der Waals surface area contributed by atoms with Gasteiger partial charge in [0.05, 0.1) is 18.3 Å². The Kier molecular flexibility index (Phi) is 4.20. The molecule has 1 N–H and O–H groups in total. The molecule has 1 unspecified atom stereocenters. The van der Waals surface area contributed by atoms with Crippen molar-refractivity contribution < 1.29 is 9.18 Å². The number of nitrogens with one attached hydrogen (secondary N) is 1. The number of aryl methyl sites for hydroxylation is 2. The van der Waals surface area contributed by atoms with Gasteiger partial charge in [0.25, 0.3) is 0 Å². The van der Waals surface area contributed by atoms with Crippen molar-refractivity contribution in [3.8, 4) is 0 Å². The predicted molar refractivity (Wildman–Crippen MR) is 86.7 cm³/mol. The van der Waals surface area contributed by atoms with E-state index in [2.05, 4.69) is 10.4 Å². The number of carbonyl (C=O) groups is 1. The number of halogens is 1. The van der Waals surface area contributed by atoms with Gasteiger partial charge in [-0.3, -0.25) is 9.48 Å². The maximum Gasteiger partial charge on any atom is 0.220 e. The molecule has 1 saturated heterocycles. The van der Waals surface area contributed by atoms with Crippen LogP contribution in [-0.4, -0.2) is 15.7 Å². The lowest BCUT2D eigenvalue weighted by atomic mass is 9.96. The topological polar surface area (TPSA) is 46.9 Å². The molecule has 0 bridgehead atoms. The van der Waals surface area contributed by atoms with Gasteiger partial charge in [-0.25, -0.2) is 4.39 Å². The molecule has 3 rings (SSSR count). The van der Waals surface area contributed by atoms with E-state index < -0.39 is 0 Å². The van der Waals surface area contributed by atoms with E-state index in [0.29, 0.717) is 18.5 Å². The Morgan fingerprint density at radius 1 is 1.35 bits per heavy atom. The first kappa shape index (κ1) is 15.7. The maximum absolute atomic E-state index is 14.0. The number of carbonyl (C=O) groups excluding carboxylic acids is 1. The van der Waals surface area contributed by atoms with Gasteiger partial charge in [-0.2, -0.15) is 5.10 Å². The van der Waals surface area contributed by atoms with Crippen LogP contribution in [0.2, 0.25) is 0 Å². The van der Waals surface area contributed by atoms with Crippen molar-refractivity contribution in [2.45, 2.75) is 52.6 Å². The molecule has 0 spiro atoms. The summed E-state index contributed by atoms with van der Waals surface area (Å²) in [6.45, 7) is 6.30. The highest BCUT2D eigenvalue weighted by atomic mass is 19.1. The number of aromatic nitrogens is 2. The lowest BCUT2D eigenvalue weighted by molar-refractivity contribution is -0.123. The third-order valence-electron chi connectivity index (χ3n) is 4.54. The minimum absolute atomic E-state index is 0.0207. The molecular formula is C18H22FN3O. The van der Waals surface area contributed by atoms with Gasteiger partial charge in [0.15, 0.2) is 0 Å². The van der Waals surface area contributed by atoms with Crippen LogP contribution in [0.5, 0.6) is 0 Å². The highest BCUT2D eigenvalue weighted by molar-refractivity contribution is 5.77. The molecule has 0 aliphatic carbocycles. The molecule has 1 aromatic heterocycles. The lowest BCUT2D eigenvalue weighted by Gasteiger charge is -2.23. The van der Waals surface area contributed by atoms with E-state index in [4.69, 9.17) is 0 Å². The van der Waals surface area contributed by atoms with Crippen molar-refractivity contribution in [1.29, 1.82) is 0 Å². The molecule has 23 heavy (non-hydrogen) atoms. The molecule has 1 aliphatic rings. The van der Waals surface area contributed by atoms with E-state index in [9.17, 15) is 9.18 Å². The molecule has 1 atom stereocenters. The summed E-state index contributed by atoms with van der Waals surface area (Å²) in [5.74, 6) is -0.117. The smallest absolute Gasteiger partial charge is 0.220 e. The van der Waals surface area contributed by atoms with E-state index in [0.717, 1.165) is 35.4 Å². The number of hydrogen-bond donors (Lipinski definition) is 1. The van der Waals surface area contributed by atoms with E-state index in [1.807, 2.05) is 31.5 Å². The van der Waals surface area contributed by atoms with E-state index in [1.54, 1.807) is 6.07 Å². The van der Waals surface area contributed by atoms with Crippen molar-refractivity contribution >= 4 is 5.91 Å². The summed E-state index contributed by atoms with van der Waals surface area (Å²) in [4.78, 5) is 11.7. The van der Waals surface area contributed by atoms with Crippen LogP contribution < -0.4 is 5.32 Å². The average molecular weight is 315 g/mol. The minimum atomic E-state index is -0.212. The molecule has 0 saturated carbocycles. The van der Waals surface area contributed by atoms with Crippen LogP contribution in [0, 0.1) is 26.6 Å². The third-order valence-corrected chi connectivity index (χ3v) is 4.54. The largest absolute Gasteiger partial charge is 0.349 e. The molecule has 2 aromatic rings. The van der Waals surface area contributed by atoms with Gasteiger partial charge in [0, 0.05) is 23.2 Å². The Bertz CT molecular complexity index is 751. The fourth-order valence-corrected chi connectivity index (χ4v) is 3.38. The van der Waals surface area contributed by atoms with Gasteiger partial charge in [-0.1, -0.05) is 17.7 Å². The average Bonchev–Trinajstić information content (AvgIpc) is 2.77. The van der Waals surface area contributed by atoms with Crippen molar-refractivity contribution in [1.82, 2.24) is 15.1 Å². The summed E-state index contributed by atoms with van der Waals surface area (Å²) < 4.78 is 15.8. The first-order valence-corrected chi connectivity index (χ1v) is 8.04. The van der Waals surface area contributed by atoms with Crippen LogP contribution in [0.25, 0.3) is 0 Å². The number of piperidine rings is 1. The van der Waals surface area contributed by atoms with Crippen molar-refractivity contribution in [2.75, 3.05) is 0 Å². The normalized spacial score (nSPS) is 18.1. The second-order valence-electron chi connectivity index (χ2n) is 6.35. The Balaban J connectivity index is 1.91. The number of benzene rings is 1. The number of rotatable bonds is 3. The van der Waals surface area contributed by atoms with Gasteiger partial charge in [-0.15, -0.1) is 0 Å². The first-order chi connectivity index (χ1) is 11.0. The Morgan fingerprint density at radius 3 is 2.87 bits per heavy atom. The van der Waals surface area contributed by atoms with Crippen LogP contribution in [-0.2, 0) is 11.3 Å². The molecule has 2 heterocycles. The monoisotopic (exact) mass is 315 g/mol. The number of amides is 1.